The van der Waals surface area contributed by atoms with E-state index in [2.05, 4.69) is 17.7 Å². The molecule has 2 nitrogen and oxygen atoms in total. The number of rotatable bonds is 22. The third-order valence-electron chi connectivity index (χ3n) is 6.47. The molecule has 43 heavy (non-hydrogen) atoms. The highest BCUT2D eigenvalue weighted by Gasteiger charge is 2.94. The summed E-state index contributed by atoms with van der Waals surface area (Å²) in [6.45, 7) is 1.01. The summed E-state index contributed by atoms with van der Waals surface area (Å²) in [6.07, 6.45) is 7.73. The molecule has 0 amide bonds. The molecule has 0 aromatic carbocycles. The largest absolute Gasteiger partial charge is 0.461 e. The van der Waals surface area contributed by atoms with Gasteiger partial charge in [0.2, 0.25) is 0 Å². The molecule has 0 spiro atoms. The monoisotopic (exact) mass is 664 g/mol. The number of unbranched alkanes of at least 4 members (excludes halogenated alkanes) is 12. The van der Waals surface area contributed by atoms with Crippen LogP contribution in [0.25, 0.3) is 0 Å². The number of esters is 1. The Labute approximate surface area is 239 Å². The van der Waals surface area contributed by atoms with Crippen LogP contribution in [-0.4, -0.2) is 54.3 Å². The fourth-order valence-electron chi connectivity index (χ4n) is 3.70. The Bertz CT molecular complexity index is 852. The Balaban J connectivity index is 4.75. The van der Waals surface area contributed by atoms with Gasteiger partial charge in [0.05, 0.1) is 6.61 Å². The number of hydrogen-bond acceptors (Lipinski definition) is 2. The van der Waals surface area contributed by atoms with Crippen LogP contribution in [-0.2, 0) is 9.53 Å². The Kier molecular flexibility index (Phi) is 15.8. The number of carbonyl (C=O) groups is 1. The fourth-order valence-corrected chi connectivity index (χ4v) is 3.70. The summed E-state index contributed by atoms with van der Waals surface area (Å²) in [7, 11) is 0. The number of hydrogen-bond donors (Lipinski definition) is 0. The van der Waals surface area contributed by atoms with Crippen LogP contribution < -0.4 is 0 Å². The van der Waals surface area contributed by atoms with Crippen molar-refractivity contribution in [3.05, 3.63) is 12.2 Å². The lowest BCUT2D eigenvalue weighted by Gasteiger charge is -2.40. The molecule has 0 radical (unpaired) electrons. The molecular formula is C26H35F15O2. The van der Waals surface area contributed by atoms with Crippen molar-refractivity contribution in [2.75, 3.05) is 6.61 Å². The Morgan fingerprint density at radius 1 is 0.488 bits per heavy atom. The molecule has 0 aliphatic heterocycles. The van der Waals surface area contributed by atoms with Gasteiger partial charge in [-0.2, -0.15) is 65.9 Å². The van der Waals surface area contributed by atoms with E-state index in [0.717, 1.165) is 38.5 Å². The summed E-state index contributed by atoms with van der Waals surface area (Å²) in [4.78, 5) is 11.3. The first-order valence-corrected chi connectivity index (χ1v) is 13.6. The van der Waals surface area contributed by atoms with Crippen LogP contribution in [0.2, 0.25) is 0 Å². The van der Waals surface area contributed by atoms with Crippen LogP contribution in [0.5, 0.6) is 0 Å². The molecule has 0 unspecified atom stereocenters. The van der Waals surface area contributed by atoms with Crippen LogP contribution in [0.1, 0.15) is 96.8 Å². The van der Waals surface area contributed by atoms with Crippen molar-refractivity contribution in [2.24, 2.45) is 0 Å². The van der Waals surface area contributed by atoms with Gasteiger partial charge in [0.25, 0.3) is 0 Å². The lowest BCUT2D eigenvalue weighted by molar-refractivity contribution is -0.450. The van der Waals surface area contributed by atoms with E-state index in [-0.39, 0.29) is 12.8 Å². The topological polar surface area (TPSA) is 26.3 Å². The molecule has 17 heteroatoms. The molecule has 0 aromatic heterocycles. The van der Waals surface area contributed by atoms with Gasteiger partial charge in [-0.15, -0.1) is 0 Å². The summed E-state index contributed by atoms with van der Waals surface area (Å²) < 4.78 is 201. The van der Waals surface area contributed by atoms with E-state index in [1.54, 1.807) is 0 Å². The molecule has 0 fully saturated rings. The van der Waals surface area contributed by atoms with Crippen molar-refractivity contribution in [1.82, 2.24) is 0 Å². The Morgan fingerprint density at radius 2 is 0.837 bits per heavy atom. The second kappa shape index (κ2) is 16.5. The smallest absolute Gasteiger partial charge is 0.460 e. The van der Waals surface area contributed by atoms with Crippen LogP contribution in [0.3, 0.4) is 0 Å². The Morgan fingerprint density at radius 3 is 1.26 bits per heavy atom. The normalized spacial score (nSPS) is 14.5. The molecular weight excluding hydrogens is 629 g/mol. The first-order valence-electron chi connectivity index (χ1n) is 13.6. The Hall–Kier alpha value is -1.84. The summed E-state index contributed by atoms with van der Waals surface area (Å²) in [5.41, 5.74) is 0. The zero-order chi connectivity index (χ0) is 33.8. The van der Waals surface area contributed by atoms with Gasteiger partial charge in [-0.25, -0.2) is 4.79 Å². The highest BCUT2D eigenvalue weighted by molar-refractivity contribution is 5.79. The van der Waals surface area contributed by atoms with E-state index in [1.165, 1.54) is 25.7 Å². The molecule has 0 aromatic rings. The van der Waals surface area contributed by atoms with Crippen molar-refractivity contribution >= 4 is 5.97 Å². The highest BCUT2D eigenvalue weighted by Crippen LogP contribution is 2.62. The van der Waals surface area contributed by atoms with E-state index in [9.17, 15) is 70.7 Å². The number of halogens is 15. The molecule has 0 aliphatic carbocycles. The zero-order valence-electron chi connectivity index (χ0n) is 23.2. The number of allylic oxidation sites excluding steroid dienone is 2. The predicted octanol–water partition coefficient (Wildman–Crippen LogP) is 10.9. The van der Waals surface area contributed by atoms with Gasteiger partial charge >= 0.3 is 47.7 Å². The lowest BCUT2D eigenvalue weighted by Crippen LogP contribution is -2.73. The first kappa shape index (κ1) is 41.2. The minimum atomic E-state index is -8.43. The molecule has 0 N–H and O–H groups in total. The van der Waals surface area contributed by atoms with Crippen LogP contribution in [0.4, 0.5) is 65.9 Å². The first-order chi connectivity index (χ1) is 19.5. The third kappa shape index (κ3) is 9.82. The average molecular weight is 665 g/mol. The SMILES string of the molecule is CCCCCCCC/C=C\CCCCCCCCOC(=O)C(F)(F)C(F)(F)C(F)(F)C(F)(F)C(F)(F)C(F)(F)C(F)(F)F. The molecule has 0 saturated carbocycles. The van der Waals surface area contributed by atoms with Gasteiger partial charge < -0.3 is 4.74 Å². The second-order valence-corrected chi connectivity index (χ2v) is 10.0. The summed E-state index contributed by atoms with van der Waals surface area (Å²) in [6, 6.07) is 0. The summed E-state index contributed by atoms with van der Waals surface area (Å²) in [5, 5.41) is 0. The number of ether oxygens (including phenoxy) is 1. The van der Waals surface area contributed by atoms with Crippen LogP contribution in [0.15, 0.2) is 12.2 Å². The number of carbonyl (C=O) groups excluding carboxylic acids is 1. The third-order valence-corrected chi connectivity index (χ3v) is 6.47. The van der Waals surface area contributed by atoms with Gasteiger partial charge in [-0.05, 0) is 32.1 Å². The van der Waals surface area contributed by atoms with Gasteiger partial charge in [-0.3, -0.25) is 0 Å². The van der Waals surface area contributed by atoms with Gasteiger partial charge in [0.1, 0.15) is 0 Å². The van der Waals surface area contributed by atoms with Gasteiger partial charge in [0, 0.05) is 0 Å². The molecule has 256 valence electrons. The van der Waals surface area contributed by atoms with Crippen molar-refractivity contribution in [3.63, 3.8) is 0 Å². The fraction of sp³-hybridized carbons (Fsp3) is 0.885. The maximum Gasteiger partial charge on any atom is 0.460 e. The van der Waals surface area contributed by atoms with E-state index in [0.29, 0.717) is 12.8 Å². The number of alkyl halides is 15. The standard InChI is InChI=1S/C26H35F15O2/c1-2-3-4-5-6-7-8-9-10-11-12-13-14-15-16-17-18-43-19(42)20(27,28)21(29,30)22(31,32)23(33,34)24(35,36)25(37,38)26(39,40)41/h9-10H,2-8,11-18H2,1H3/b10-9-. The zero-order valence-corrected chi connectivity index (χ0v) is 23.2. The van der Waals surface area contributed by atoms with Gasteiger partial charge in [0.15, 0.2) is 0 Å². The average Bonchev–Trinajstić information content (AvgIpc) is 2.88. The molecule has 0 aliphatic rings. The van der Waals surface area contributed by atoms with Crippen LogP contribution >= 0.6 is 0 Å². The summed E-state index contributed by atoms with van der Waals surface area (Å²) >= 11 is 0. The minimum absolute atomic E-state index is 0.149. The molecule has 0 atom stereocenters. The maximum atomic E-state index is 13.8. The van der Waals surface area contributed by atoms with Crippen molar-refractivity contribution < 1.29 is 75.4 Å². The van der Waals surface area contributed by atoms with E-state index < -0.39 is 54.3 Å². The molecule has 0 heterocycles. The quantitative estimate of drug-likeness (QED) is 0.0498. The van der Waals surface area contributed by atoms with E-state index in [1.807, 2.05) is 6.08 Å². The second-order valence-electron chi connectivity index (χ2n) is 10.0. The van der Waals surface area contributed by atoms with Crippen molar-refractivity contribution in [3.8, 4) is 0 Å². The lowest BCUT2D eigenvalue weighted by atomic mass is 9.91. The maximum absolute atomic E-state index is 13.8. The van der Waals surface area contributed by atoms with Crippen molar-refractivity contribution in [1.29, 1.82) is 0 Å². The van der Waals surface area contributed by atoms with Gasteiger partial charge in [-0.1, -0.05) is 76.9 Å². The van der Waals surface area contributed by atoms with Crippen molar-refractivity contribution in [2.45, 2.75) is 139 Å². The van der Waals surface area contributed by atoms with Crippen LogP contribution in [0, 0.1) is 0 Å². The van der Waals surface area contributed by atoms with E-state index >= 15 is 0 Å². The highest BCUT2D eigenvalue weighted by atomic mass is 19.4. The molecule has 0 rings (SSSR count). The molecule has 0 saturated heterocycles. The predicted molar refractivity (Wildman–Crippen MR) is 126 cm³/mol. The minimum Gasteiger partial charge on any atom is -0.461 e. The molecule has 0 bridgehead atoms. The van der Waals surface area contributed by atoms with E-state index in [4.69, 9.17) is 0 Å². The summed E-state index contributed by atoms with van der Waals surface area (Å²) in [5.74, 6) is -51.7.